The Balaban J connectivity index is 1.91. The minimum absolute atomic E-state index is 0.412. The second kappa shape index (κ2) is 6.42. The Morgan fingerprint density at radius 3 is 2.37 bits per heavy atom. The van der Waals surface area contributed by atoms with Gasteiger partial charge in [0.05, 0.1) is 7.11 Å². The summed E-state index contributed by atoms with van der Waals surface area (Å²) in [5, 5.41) is 3.73. The van der Waals surface area contributed by atoms with Gasteiger partial charge in [0, 0.05) is 12.6 Å². The normalized spacial score (nSPS) is 19.3. The third-order valence-corrected chi connectivity index (χ3v) is 4.81. The number of hydrogen-bond donors (Lipinski definition) is 1. The Hall–Kier alpha value is -1.02. The fraction of sp³-hybridized carbons (Fsp3) is 0.647. The van der Waals surface area contributed by atoms with Crippen LogP contribution in [0.3, 0.4) is 0 Å². The summed E-state index contributed by atoms with van der Waals surface area (Å²) in [5.41, 5.74) is 1.89. The van der Waals surface area contributed by atoms with E-state index in [9.17, 15) is 0 Å². The van der Waals surface area contributed by atoms with E-state index in [0.29, 0.717) is 11.5 Å². The van der Waals surface area contributed by atoms with Crippen molar-refractivity contribution in [2.24, 2.45) is 5.41 Å². The molecule has 1 aromatic carbocycles. The number of methoxy groups -OCH3 is 1. The van der Waals surface area contributed by atoms with Gasteiger partial charge in [-0.15, -0.1) is 0 Å². The first-order valence-electron chi connectivity index (χ1n) is 7.56. The van der Waals surface area contributed by atoms with Crippen LogP contribution in [-0.4, -0.2) is 13.7 Å². The lowest BCUT2D eigenvalue weighted by atomic mass is 9.83. The molecule has 1 aromatic rings. The molecule has 1 aliphatic carbocycles. The molecule has 1 aliphatic rings. The second-order valence-corrected chi connectivity index (χ2v) is 5.94. The van der Waals surface area contributed by atoms with Gasteiger partial charge in [-0.3, -0.25) is 0 Å². The first kappa shape index (κ1) is 14.4. The minimum atomic E-state index is 0.412. The maximum Gasteiger partial charge on any atom is 0.118 e. The molecule has 0 spiro atoms. The predicted molar refractivity (Wildman–Crippen MR) is 80.6 cm³/mol. The van der Waals surface area contributed by atoms with E-state index in [1.807, 2.05) is 12.1 Å². The quantitative estimate of drug-likeness (QED) is 0.823. The standard InChI is InChI=1S/C17H27NO/c1-4-17(11-5-6-12-17)13-18-14(2)15-7-9-16(19-3)10-8-15/h7-10,14,18H,4-6,11-13H2,1-3H3. The van der Waals surface area contributed by atoms with E-state index in [1.54, 1.807) is 7.11 Å². The molecule has 0 heterocycles. The summed E-state index contributed by atoms with van der Waals surface area (Å²) in [6.45, 7) is 5.74. The van der Waals surface area contributed by atoms with E-state index in [2.05, 4.69) is 31.3 Å². The van der Waals surface area contributed by atoms with Crippen molar-refractivity contribution >= 4 is 0 Å². The second-order valence-electron chi connectivity index (χ2n) is 5.94. The molecule has 0 aromatic heterocycles. The van der Waals surface area contributed by atoms with Gasteiger partial charge < -0.3 is 10.1 Å². The predicted octanol–water partition coefficient (Wildman–Crippen LogP) is 4.32. The summed E-state index contributed by atoms with van der Waals surface area (Å²) in [4.78, 5) is 0. The van der Waals surface area contributed by atoms with Crippen molar-refractivity contribution in [3.63, 3.8) is 0 Å². The van der Waals surface area contributed by atoms with Crippen LogP contribution in [0.25, 0.3) is 0 Å². The molecule has 1 unspecified atom stereocenters. The fourth-order valence-electron chi connectivity index (χ4n) is 3.16. The zero-order valence-corrected chi connectivity index (χ0v) is 12.5. The molecule has 0 radical (unpaired) electrons. The number of ether oxygens (including phenoxy) is 1. The van der Waals surface area contributed by atoms with Gasteiger partial charge in [0.2, 0.25) is 0 Å². The maximum absolute atomic E-state index is 5.20. The number of hydrogen-bond acceptors (Lipinski definition) is 2. The van der Waals surface area contributed by atoms with E-state index in [-0.39, 0.29) is 0 Å². The first-order valence-corrected chi connectivity index (χ1v) is 7.56. The Bertz CT molecular complexity index is 379. The van der Waals surface area contributed by atoms with E-state index in [0.717, 1.165) is 12.3 Å². The van der Waals surface area contributed by atoms with Gasteiger partial charge in [-0.2, -0.15) is 0 Å². The Labute approximate surface area is 117 Å². The fourth-order valence-corrected chi connectivity index (χ4v) is 3.16. The summed E-state index contributed by atoms with van der Waals surface area (Å²) in [7, 11) is 1.71. The van der Waals surface area contributed by atoms with E-state index < -0.39 is 0 Å². The lowest BCUT2D eigenvalue weighted by molar-refractivity contribution is 0.259. The largest absolute Gasteiger partial charge is 0.497 e. The highest BCUT2D eigenvalue weighted by Crippen LogP contribution is 2.40. The zero-order valence-electron chi connectivity index (χ0n) is 12.5. The molecule has 0 saturated heterocycles. The molecule has 106 valence electrons. The Morgan fingerprint density at radius 2 is 1.84 bits per heavy atom. The average molecular weight is 261 g/mol. The van der Waals surface area contributed by atoms with Crippen LogP contribution >= 0.6 is 0 Å². The number of nitrogens with one attached hydrogen (secondary N) is 1. The molecule has 0 amide bonds. The minimum Gasteiger partial charge on any atom is -0.497 e. The van der Waals surface area contributed by atoms with Crippen LogP contribution in [0.5, 0.6) is 5.75 Å². The van der Waals surface area contributed by atoms with Crippen LogP contribution in [0.2, 0.25) is 0 Å². The highest BCUT2D eigenvalue weighted by atomic mass is 16.5. The summed E-state index contributed by atoms with van der Waals surface area (Å²) in [6, 6.07) is 8.81. The van der Waals surface area contributed by atoms with Gasteiger partial charge in [-0.25, -0.2) is 0 Å². The van der Waals surface area contributed by atoms with Crippen LogP contribution in [-0.2, 0) is 0 Å². The van der Waals surface area contributed by atoms with Gasteiger partial charge in [0.1, 0.15) is 5.75 Å². The number of rotatable bonds is 6. The van der Waals surface area contributed by atoms with Crippen LogP contribution < -0.4 is 10.1 Å². The smallest absolute Gasteiger partial charge is 0.118 e. The summed E-state index contributed by atoms with van der Waals surface area (Å²) >= 11 is 0. The van der Waals surface area contributed by atoms with Crippen molar-refractivity contribution in [3.8, 4) is 5.75 Å². The first-order chi connectivity index (χ1) is 9.19. The monoisotopic (exact) mass is 261 g/mol. The molecular formula is C17H27NO. The third-order valence-electron chi connectivity index (χ3n) is 4.81. The van der Waals surface area contributed by atoms with Crippen molar-refractivity contribution in [2.75, 3.05) is 13.7 Å². The molecular weight excluding hydrogens is 234 g/mol. The maximum atomic E-state index is 5.20. The zero-order chi connectivity index (χ0) is 13.7. The molecule has 1 fully saturated rings. The number of benzene rings is 1. The Morgan fingerprint density at radius 1 is 1.21 bits per heavy atom. The highest BCUT2D eigenvalue weighted by Gasteiger charge is 2.31. The molecule has 2 rings (SSSR count). The lowest BCUT2D eigenvalue weighted by Crippen LogP contribution is -2.33. The van der Waals surface area contributed by atoms with Gasteiger partial charge in [-0.1, -0.05) is 31.9 Å². The molecule has 0 aliphatic heterocycles. The topological polar surface area (TPSA) is 21.3 Å². The van der Waals surface area contributed by atoms with Crippen molar-refractivity contribution in [3.05, 3.63) is 29.8 Å². The van der Waals surface area contributed by atoms with E-state index in [1.165, 1.54) is 37.7 Å². The van der Waals surface area contributed by atoms with Crippen molar-refractivity contribution in [1.82, 2.24) is 5.32 Å². The van der Waals surface area contributed by atoms with Gasteiger partial charge in [-0.05, 0) is 49.3 Å². The van der Waals surface area contributed by atoms with Crippen LogP contribution in [0.4, 0.5) is 0 Å². The molecule has 1 saturated carbocycles. The lowest BCUT2D eigenvalue weighted by Gasteiger charge is -2.30. The summed E-state index contributed by atoms with van der Waals surface area (Å²) < 4.78 is 5.20. The van der Waals surface area contributed by atoms with Crippen molar-refractivity contribution < 1.29 is 4.74 Å². The van der Waals surface area contributed by atoms with E-state index >= 15 is 0 Å². The van der Waals surface area contributed by atoms with Gasteiger partial charge >= 0.3 is 0 Å². The van der Waals surface area contributed by atoms with Crippen LogP contribution in [0.1, 0.15) is 57.6 Å². The highest BCUT2D eigenvalue weighted by molar-refractivity contribution is 5.28. The van der Waals surface area contributed by atoms with Crippen LogP contribution in [0, 0.1) is 5.41 Å². The molecule has 1 atom stereocenters. The van der Waals surface area contributed by atoms with E-state index in [4.69, 9.17) is 4.74 Å². The van der Waals surface area contributed by atoms with Crippen LogP contribution in [0.15, 0.2) is 24.3 Å². The molecule has 2 heteroatoms. The molecule has 1 N–H and O–H groups in total. The van der Waals surface area contributed by atoms with Gasteiger partial charge in [0.25, 0.3) is 0 Å². The Kier molecular flexibility index (Phi) is 4.87. The molecule has 19 heavy (non-hydrogen) atoms. The summed E-state index contributed by atoms with van der Waals surface area (Å²) in [5.74, 6) is 0.928. The van der Waals surface area contributed by atoms with Crippen molar-refractivity contribution in [2.45, 2.75) is 52.0 Å². The SMILES string of the molecule is CCC1(CNC(C)c2ccc(OC)cc2)CCCC1. The van der Waals surface area contributed by atoms with Gasteiger partial charge in [0.15, 0.2) is 0 Å². The average Bonchev–Trinajstić information content (AvgIpc) is 2.94. The molecule has 0 bridgehead atoms. The third kappa shape index (κ3) is 3.50. The molecule has 2 nitrogen and oxygen atoms in total. The van der Waals surface area contributed by atoms with Crippen molar-refractivity contribution in [1.29, 1.82) is 0 Å². The summed E-state index contributed by atoms with van der Waals surface area (Å²) in [6.07, 6.45) is 6.91.